The Morgan fingerprint density at radius 3 is 3.00 bits per heavy atom. The molecule has 6 nitrogen and oxygen atoms in total. The molecule has 1 aromatic carbocycles. The number of fused-ring (bicyclic) bond motifs is 2. The molecular weight excluding hydrogens is 330 g/mol. The number of carbonyl (C=O) groups excluding carboxylic acids is 2. The van der Waals surface area contributed by atoms with Crippen molar-refractivity contribution in [2.75, 3.05) is 29.9 Å². The molecule has 4 rings (SSSR count). The number of piperidine rings is 1. The van der Waals surface area contributed by atoms with Gasteiger partial charge in [-0.3, -0.25) is 4.79 Å². The molecule has 2 aromatic rings. The maximum absolute atomic E-state index is 12.9. The Balaban J connectivity index is 1.71. The largest absolute Gasteiger partial charge is 0.462 e. The number of aromatic nitrogens is 1. The molecule has 1 atom stereocenters. The molecule has 0 bridgehead atoms. The van der Waals surface area contributed by atoms with Crippen LogP contribution in [0.2, 0.25) is 0 Å². The number of nitrogens with one attached hydrogen (secondary N) is 1. The number of pyridine rings is 1. The number of rotatable bonds is 3. The lowest BCUT2D eigenvalue weighted by molar-refractivity contribution is -0.121. The van der Waals surface area contributed by atoms with Gasteiger partial charge in [-0.2, -0.15) is 0 Å². The van der Waals surface area contributed by atoms with Crippen LogP contribution in [0.1, 0.15) is 35.7 Å². The van der Waals surface area contributed by atoms with Crippen LogP contribution >= 0.6 is 0 Å². The second kappa shape index (κ2) is 6.44. The van der Waals surface area contributed by atoms with E-state index >= 15 is 0 Å². The second-order valence-corrected chi connectivity index (χ2v) is 6.70. The standard InChI is InChI=1S/C20H21N3O3/c1-2-26-18(24)14-7-5-11-21-17(14)23-12-6-10-20(13-23)15-8-3-4-9-16(15)22-19(20)25/h3-5,7-9,11H,2,6,10,12-13H2,1H3,(H,22,25)/t20-/m0/s1. The van der Waals surface area contributed by atoms with E-state index in [0.717, 1.165) is 30.6 Å². The molecular formula is C20H21N3O3. The Morgan fingerprint density at radius 1 is 1.31 bits per heavy atom. The smallest absolute Gasteiger partial charge is 0.341 e. The number of carbonyl (C=O) groups is 2. The van der Waals surface area contributed by atoms with Gasteiger partial charge in [0.1, 0.15) is 11.4 Å². The van der Waals surface area contributed by atoms with Gasteiger partial charge in [-0.25, -0.2) is 9.78 Å². The number of benzene rings is 1. The van der Waals surface area contributed by atoms with Crippen LogP contribution in [-0.2, 0) is 14.9 Å². The average Bonchev–Trinajstić information content (AvgIpc) is 2.93. The Morgan fingerprint density at radius 2 is 2.15 bits per heavy atom. The molecule has 1 spiro atoms. The summed E-state index contributed by atoms with van der Waals surface area (Å²) < 4.78 is 5.17. The van der Waals surface area contributed by atoms with Crippen molar-refractivity contribution in [2.45, 2.75) is 25.2 Å². The van der Waals surface area contributed by atoms with E-state index in [1.807, 2.05) is 29.2 Å². The molecule has 0 aliphatic carbocycles. The first-order valence-electron chi connectivity index (χ1n) is 8.94. The quantitative estimate of drug-likeness (QED) is 0.861. The normalized spacial score (nSPS) is 21.4. The van der Waals surface area contributed by atoms with Crippen molar-refractivity contribution in [3.63, 3.8) is 0 Å². The van der Waals surface area contributed by atoms with Crippen molar-refractivity contribution in [1.82, 2.24) is 4.98 Å². The summed E-state index contributed by atoms with van der Waals surface area (Å²) in [5.74, 6) is 0.228. The zero-order chi connectivity index (χ0) is 18.1. The Hall–Kier alpha value is -2.89. The molecule has 2 aliphatic rings. The minimum atomic E-state index is -0.599. The summed E-state index contributed by atoms with van der Waals surface area (Å²) >= 11 is 0. The lowest BCUT2D eigenvalue weighted by Gasteiger charge is -2.40. The first-order chi connectivity index (χ1) is 12.7. The minimum Gasteiger partial charge on any atom is -0.462 e. The zero-order valence-electron chi connectivity index (χ0n) is 14.7. The first kappa shape index (κ1) is 16.6. The van der Waals surface area contributed by atoms with Crippen molar-refractivity contribution < 1.29 is 14.3 Å². The van der Waals surface area contributed by atoms with Gasteiger partial charge in [-0.05, 0) is 43.5 Å². The summed E-state index contributed by atoms with van der Waals surface area (Å²) in [4.78, 5) is 31.6. The highest BCUT2D eigenvalue weighted by Crippen LogP contribution is 2.44. The number of nitrogens with zero attached hydrogens (tertiary/aromatic N) is 2. The summed E-state index contributed by atoms with van der Waals surface area (Å²) in [7, 11) is 0. The van der Waals surface area contributed by atoms with Gasteiger partial charge in [0.25, 0.3) is 0 Å². The fourth-order valence-electron chi connectivity index (χ4n) is 4.03. The second-order valence-electron chi connectivity index (χ2n) is 6.70. The van der Waals surface area contributed by atoms with Crippen molar-refractivity contribution in [2.24, 2.45) is 0 Å². The molecule has 1 fully saturated rings. The number of hydrogen-bond acceptors (Lipinski definition) is 5. The van der Waals surface area contributed by atoms with Crippen LogP contribution in [0.4, 0.5) is 11.5 Å². The highest BCUT2D eigenvalue weighted by molar-refractivity contribution is 6.07. The summed E-state index contributed by atoms with van der Waals surface area (Å²) in [6.07, 6.45) is 3.30. The monoisotopic (exact) mass is 351 g/mol. The minimum absolute atomic E-state index is 0.0250. The molecule has 26 heavy (non-hydrogen) atoms. The molecule has 1 aromatic heterocycles. The predicted molar refractivity (Wildman–Crippen MR) is 98.4 cm³/mol. The van der Waals surface area contributed by atoms with Crippen molar-refractivity contribution in [1.29, 1.82) is 0 Å². The van der Waals surface area contributed by atoms with E-state index in [1.165, 1.54) is 0 Å². The molecule has 134 valence electrons. The Labute approximate surface area is 152 Å². The summed E-state index contributed by atoms with van der Waals surface area (Å²) in [6.45, 7) is 3.34. The predicted octanol–water partition coefficient (Wildman–Crippen LogP) is 2.75. The summed E-state index contributed by atoms with van der Waals surface area (Å²) in [6, 6.07) is 11.3. The van der Waals surface area contributed by atoms with Crippen molar-refractivity contribution in [3.8, 4) is 0 Å². The van der Waals surface area contributed by atoms with Gasteiger partial charge < -0.3 is 15.0 Å². The van der Waals surface area contributed by atoms with Crippen LogP contribution in [-0.4, -0.2) is 36.6 Å². The van der Waals surface area contributed by atoms with Gasteiger partial charge in [0.2, 0.25) is 5.91 Å². The van der Waals surface area contributed by atoms with Gasteiger partial charge >= 0.3 is 5.97 Å². The molecule has 1 saturated heterocycles. The fraction of sp³-hybridized carbons (Fsp3) is 0.350. The third-order valence-electron chi connectivity index (χ3n) is 5.20. The van der Waals surface area contributed by atoms with E-state index < -0.39 is 5.41 Å². The number of para-hydroxylation sites is 1. The molecule has 6 heteroatoms. The van der Waals surface area contributed by atoms with E-state index in [0.29, 0.717) is 24.5 Å². The van der Waals surface area contributed by atoms with Gasteiger partial charge in [-0.1, -0.05) is 18.2 Å². The van der Waals surface area contributed by atoms with E-state index in [2.05, 4.69) is 10.3 Å². The van der Waals surface area contributed by atoms with Crippen LogP contribution in [0.25, 0.3) is 0 Å². The fourth-order valence-corrected chi connectivity index (χ4v) is 4.03. The Kier molecular flexibility index (Phi) is 4.11. The number of amides is 1. The SMILES string of the molecule is CCOC(=O)c1cccnc1N1CCC[C@@]2(C1)C(=O)Nc1ccccc12. The van der Waals surface area contributed by atoms with Gasteiger partial charge in [0.15, 0.2) is 0 Å². The van der Waals surface area contributed by atoms with E-state index in [4.69, 9.17) is 4.74 Å². The van der Waals surface area contributed by atoms with Gasteiger partial charge in [0, 0.05) is 25.0 Å². The van der Waals surface area contributed by atoms with E-state index in [1.54, 1.807) is 25.3 Å². The topological polar surface area (TPSA) is 71.5 Å². The summed E-state index contributed by atoms with van der Waals surface area (Å²) in [5.41, 5.74) is 1.76. The highest BCUT2D eigenvalue weighted by atomic mass is 16.5. The van der Waals surface area contributed by atoms with Crippen LogP contribution in [0.15, 0.2) is 42.6 Å². The van der Waals surface area contributed by atoms with Crippen LogP contribution in [0.5, 0.6) is 0 Å². The molecule has 0 radical (unpaired) electrons. The number of esters is 1. The Bertz CT molecular complexity index is 867. The van der Waals surface area contributed by atoms with E-state index in [9.17, 15) is 9.59 Å². The molecule has 0 unspecified atom stereocenters. The lowest BCUT2D eigenvalue weighted by atomic mass is 9.75. The van der Waals surface area contributed by atoms with Crippen molar-refractivity contribution in [3.05, 3.63) is 53.7 Å². The van der Waals surface area contributed by atoms with Crippen LogP contribution in [0, 0.1) is 0 Å². The molecule has 3 heterocycles. The number of hydrogen-bond donors (Lipinski definition) is 1. The number of ether oxygens (including phenoxy) is 1. The average molecular weight is 351 g/mol. The zero-order valence-corrected chi connectivity index (χ0v) is 14.7. The van der Waals surface area contributed by atoms with Crippen LogP contribution in [0.3, 0.4) is 0 Å². The maximum Gasteiger partial charge on any atom is 0.341 e. The van der Waals surface area contributed by atoms with Crippen molar-refractivity contribution >= 4 is 23.4 Å². The molecule has 2 aliphatic heterocycles. The number of anilines is 2. The van der Waals surface area contributed by atoms with Gasteiger partial charge in [0.05, 0.1) is 12.0 Å². The first-order valence-corrected chi connectivity index (χ1v) is 8.94. The van der Waals surface area contributed by atoms with Gasteiger partial charge in [-0.15, -0.1) is 0 Å². The molecule has 1 N–H and O–H groups in total. The van der Waals surface area contributed by atoms with E-state index in [-0.39, 0.29) is 11.9 Å². The lowest BCUT2D eigenvalue weighted by Crippen LogP contribution is -2.50. The third-order valence-corrected chi connectivity index (χ3v) is 5.20. The highest BCUT2D eigenvalue weighted by Gasteiger charge is 2.49. The molecule has 0 saturated carbocycles. The molecule has 1 amide bonds. The third kappa shape index (κ3) is 2.53. The summed E-state index contributed by atoms with van der Waals surface area (Å²) in [5, 5.41) is 3.01. The van der Waals surface area contributed by atoms with Crippen LogP contribution < -0.4 is 10.2 Å². The maximum atomic E-state index is 12.9.